The Morgan fingerprint density at radius 3 is 2.45 bits per heavy atom. The number of aromatic nitrogens is 2. The number of aliphatic hydroxyl groups excluding tert-OH is 1. The first-order valence-electron chi connectivity index (χ1n) is 16.8. The van der Waals surface area contributed by atoms with Crippen molar-refractivity contribution in [2.45, 2.75) is 95.0 Å². The zero-order valence-corrected chi connectivity index (χ0v) is 29.9. The zero-order valence-electron chi connectivity index (χ0n) is 28.2. The summed E-state index contributed by atoms with van der Waals surface area (Å²) >= 11 is 0.834. The normalized spacial score (nSPS) is 21.4. The lowest BCUT2D eigenvalue weighted by Crippen LogP contribution is -2.43. The maximum absolute atomic E-state index is 13.2. The standard InChI is InChI=1S/C35H43F3N6O3S2/c1-20(44-13-9-26(10-14-44)49(4,46)47)15-29-24(18-39)16-28-21(2)23(5-6-27(28)29)19-43-11-7-25(8-12-43)42-33-30-17-31(32(45)35(36,37)38)48-34(30)41-22(3)40-33/h5-6,16-17,20,25-26,29,32,45H,7-15,19H2,1-4H3,(H,40,41,42)/t20-,29?,32?/m0/s1. The second kappa shape index (κ2) is 13.9. The summed E-state index contributed by atoms with van der Waals surface area (Å²) in [5, 5.41) is 23.5. The van der Waals surface area contributed by atoms with Crippen molar-refractivity contribution in [2.75, 3.05) is 37.8 Å². The third-order valence-corrected chi connectivity index (χ3v) is 13.3. The molecule has 9 nitrogen and oxygen atoms in total. The van der Waals surface area contributed by atoms with E-state index >= 15 is 0 Å². The lowest BCUT2D eigenvalue weighted by Gasteiger charge is -2.36. The van der Waals surface area contributed by atoms with Crippen molar-refractivity contribution in [3.05, 3.63) is 56.7 Å². The van der Waals surface area contributed by atoms with E-state index in [0.717, 1.165) is 74.5 Å². The molecule has 14 heteroatoms. The van der Waals surface area contributed by atoms with Gasteiger partial charge in [0.2, 0.25) is 0 Å². The predicted molar refractivity (Wildman–Crippen MR) is 186 cm³/mol. The molecule has 2 aromatic heterocycles. The SMILES string of the molecule is Cc1nc(NC2CCN(Cc3ccc4c(c3C)C=C(C#N)C4C[C@H](C)N3CCC(S(C)(=O)=O)CC3)CC2)c2cc(C(O)C(F)(F)F)sc2n1. The minimum atomic E-state index is -4.75. The van der Waals surface area contributed by atoms with E-state index in [1.165, 1.54) is 29.0 Å². The number of aliphatic hydroxyl groups is 1. The van der Waals surface area contributed by atoms with E-state index in [1.54, 1.807) is 6.92 Å². The molecule has 1 aromatic carbocycles. The molecule has 0 saturated carbocycles. The number of nitrogens with one attached hydrogen (secondary N) is 1. The van der Waals surface area contributed by atoms with Gasteiger partial charge >= 0.3 is 6.18 Å². The van der Waals surface area contributed by atoms with Crippen LogP contribution in [0.3, 0.4) is 0 Å². The van der Waals surface area contributed by atoms with E-state index in [2.05, 4.69) is 57.1 Å². The summed E-state index contributed by atoms with van der Waals surface area (Å²) in [7, 11) is -3.03. The van der Waals surface area contributed by atoms with Gasteiger partial charge in [-0.15, -0.1) is 11.3 Å². The van der Waals surface area contributed by atoms with Crippen molar-refractivity contribution in [1.29, 1.82) is 5.26 Å². The summed E-state index contributed by atoms with van der Waals surface area (Å²) < 4.78 is 63.5. The highest BCUT2D eigenvalue weighted by atomic mass is 32.2. The maximum Gasteiger partial charge on any atom is 0.419 e. The molecule has 3 atom stereocenters. The fourth-order valence-electron chi connectivity index (χ4n) is 7.61. The van der Waals surface area contributed by atoms with E-state index in [1.807, 2.05) is 6.08 Å². The lowest BCUT2D eigenvalue weighted by molar-refractivity contribution is -0.205. The molecular formula is C35H43F3N6O3S2. The second-order valence-electron chi connectivity index (χ2n) is 13.9. The van der Waals surface area contributed by atoms with Crippen molar-refractivity contribution in [1.82, 2.24) is 19.8 Å². The Bertz CT molecular complexity index is 1890. The van der Waals surface area contributed by atoms with Gasteiger partial charge in [-0.3, -0.25) is 4.90 Å². The Balaban J connectivity index is 1.08. The Morgan fingerprint density at radius 2 is 1.82 bits per heavy atom. The Morgan fingerprint density at radius 1 is 1.12 bits per heavy atom. The first-order valence-corrected chi connectivity index (χ1v) is 19.6. The number of nitriles is 1. The summed E-state index contributed by atoms with van der Waals surface area (Å²) in [6, 6.07) is 8.46. The Hall–Kier alpha value is -3.09. The van der Waals surface area contributed by atoms with Crippen LogP contribution in [0.5, 0.6) is 0 Å². The summed E-state index contributed by atoms with van der Waals surface area (Å²) in [6.07, 6.45) is -0.165. The van der Waals surface area contributed by atoms with E-state index < -0.39 is 22.1 Å². The number of hydrogen-bond donors (Lipinski definition) is 2. The van der Waals surface area contributed by atoms with Crippen LogP contribution in [0, 0.1) is 25.2 Å². The molecule has 4 heterocycles. The molecule has 0 spiro atoms. The number of likely N-dealkylation sites (tertiary alicyclic amines) is 2. The van der Waals surface area contributed by atoms with Gasteiger partial charge in [-0.25, -0.2) is 18.4 Å². The quantitative estimate of drug-likeness (QED) is 0.264. The average Bonchev–Trinajstić information content (AvgIpc) is 3.64. The number of thiophene rings is 1. The maximum atomic E-state index is 13.2. The summed E-state index contributed by atoms with van der Waals surface area (Å²) in [5.74, 6) is 0.966. The van der Waals surface area contributed by atoms with Gasteiger partial charge in [0, 0.05) is 54.3 Å². The molecular weight excluding hydrogens is 674 g/mol. The molecule has 2 saturated heterocycles. The third kappa shape index (κ3) is 7.66. The monoisotopic (exact) mass is 716 g/mol. The number of allylic oxidation sites excluding steroid dienone is 1. The molecule has 2 unspecified atom stereocenters. The largest absolute Gasteiger partial charge is 0.419 e. The van der Waals surface area contributed by atoms with Crippen molar-refractivity contribution in [3.63, 3.8) is 0 Å². The third-order valence-electron chi connectivity index (χ3n) is 10.5. The van der Waals surface area contributed by atoms with Crippen molar-refractivity contribution < 1.29 is 26.7 Å². The minimum absolute atomic E-state index is 0.0186. The van der Waals surface area contributed by atoms with Crippen molar-refractivity contribution in [2.24, 2.45) is 0 Å². The Kier molecular flexibility index (Phi) is 10.1. The molecule has 0 radical (unpaired) electrons. The van der Waals surface area contributed by atoms with Crippen LogP contribution in [-0.4, -0.2) is 89.2 Å². The van der Waals surface area contributed by atoms with Gasteiger partial charge in [0.05, 0.1) is 16.7 Å². The van der Waals surface area contributed by atoms with Gasteiger partial charge in [0.25, 0.3) is 0 Å². The fraction of sp³-hybridized carbons (Fsp3) is 0.571. The highest BCUT2D eigenvalue weighted by Crippen LogP contribution is 2.43. The van der Waals surface area contributed by atoms with Gasteiger partial charge in [0.1, 0.15) is 26.3 Å². The number of hydrogen-bond acceptors (Lipinski definition) is 10. The molecule has 3 aromatic rings. The Labute approximate surface area is 289 Å². The number of aryl methyl sites for hydroxylation is 1. The molecule has 49 heavy (non-hydrogen) atoms. The topological polar surface area (TPSA) is 122 Å². The lowest BCUT2D eigenvalue weighted by atomic mass is 9.87. The molecule has 2 N–H and O–H groups in total. The highest BCUT2D eigenvalue weighted by Gasteiger charge is 2.41. The van der Waals surface area contributed by atoms with E-state index in [9.17, 15) is 32.0 Å². The van der Waals surface area contributed by atoms with Crippen LogP contribution in [0.2, 0.25) is 0 Å². The highest BCUT2D eigenvalue weighted by molar-refractivity contribution is 7.91. The molecule has 6 rings (SSSR count). The van der Waals surface area contributed by atoms with Crippen LogP contribution >= 0.6 is 11.3 Å². The van der Waals surface area contributed by atoms with Gasteiger partial charge in [-0.05, 0) is 100 Å². The molecule has 2 fully saturated rings. The molecule has 3 aliphatic rings. The van der Waals surface area contributed by atoms with Gasteiger partial charge in [-0.1, -0.05) is 12.1 Å². The predicted octanol–water partition coefficient (Wildman–Crippen LogP) is 6.27. The number of alkyl halides is 3. The smallest absolute Gasteiger partial charge is 0.379 e. The summed E-state index contributed by atoms with van der Waals surface area (Å²) in [5.41, 5.74) is 5.50. The van der Waals surface area contributed by atoms with E-state index in [4.69, 9.17) is 0 Å². The van der Waals surface area contributed by atoms with Gasteiger partial charge in [0.15, 0.2) is 6.10 Å². The summed E-state index contributed by atoms with van der Waals surface area (Å²) in [4.78, 5) is 13.8. The molecule has 1 aliphatic carbocycles. The number of sulfone groups is 1. The first kappa shape index (κ1) is 35.7. The number of rotatable bonds is 9. The van der Waals surface area contributed by atoms with Crippen molar-refractivity contribution >= 4 is 43.3 Å². The van der Waals surface area contributed by atoms with Crippen LogP contribution in [0.1, 0.15) is 84.0 Å². The van der Waals surface area contributed by atoms with Crippen LogP contribution < -0.4 is 5.32 Å². The van der Waals surface area contributed by atoms with Crippen LogP contribution in [0.25, 0.3) is 16.3 Å². The number of anilines is 1. The fourth-order valence-corrected chi connectivity index (χ4v) is 9.76. The number of piperidine rings is 2. The second-order valence-corrected chi connectivity index (χ2v) is 17.3. The van der Waals surface area contributed by atoms with Crippen LogP contribution in [0.4, 0.5) is 19.0 Å². The molecule has 264 valence electrons. The number of nitrogens with zero attached hydrogens (tertiary/aromatic N) is 5. The first-order chi connectivity index (χ1) is 23.1. The average molecular weight is 717 g/mol. The zero-order chi connectivity index (χ0) is 35.2. The van der Waals surface area contributed by atoms with E-state index in [-0.39, 0.29) is 28.1 Å². The van der Waals surface area contributed by atoms with Crippen LogP contribution in [0.15, 0.2) is 23.8 Å². The number of halogens is 3. The number of fused-ring (bicyclic) bond motifs is 2. The van der Waals surface area contributed by atoms with Gasteiger partial charge in [-0.2, -0.15) is 18.4 Å². The minimum Gasteiger partial charge on any atom is -0.379 e. The van der Waals surface area contributed by atoms with Crippen LogP contribution in [-0.2, 0) is 16.4 Å². The van der Waals surface area contributed by atoms with Gasteiger partial charge < -0.3 is 15.3 Å². The molecule has 0 amide bonds. The van der Waals surface area contributed by atoms with E-state index in [0.29, 0.717) is 34.7 Å². The number of benzene rings is 1. The molecule has 0 bridgehead atoms. The van der Waals surface area contributed by atoms with Crippen molar-refractivity contribution in [3.8, 4) is 6.07 Å². The molecule has 2 aliphatic heterocycles. The summed E-state index contributed by atoms with van der Waals surface area (Å²) in [6.45, 7) is 9.95.